The third-order valence-corrected chi connectivity index (χ3v) is 5.53. The number of aromatic nitrogens is 2. The first-order valence-electron chi connectivity index (χ1n) is 10.9. The highest BCUT2D eigenvalue weighted by Crippen LogP contribution is 2.39. The standard InChI is InChI=1S/C26H26FN3O4/c1-15-13-28-16(2)25(30-15)21-12-19(27)10-18-11-20(34-26(18)21)14-29-24(31)8-6-17-5-7-22(32-3)23(9-17)33-4/h5-10,12-13,20H,11,14H2,1-4H3,(H,29,31)/b8-6+/t20-/m1/s1. The Bertz CT molecular complexity index is 1260. The van der Waals surface area contributed by atoms with Crippen LogP contribution in [0.5, 0.6) is 17.2 Å². The first-order chi connectivity index (χ1) is 16.4. The lowest BCUT2D eigenvalue weighted by atomic mass is 10.0. The molecule has 1 aromatic heterocycles. The number of nitrogens with zero attached hydrogens (tertiary/aromatic N) is 2. The Morgan fingerprint density at radius 3 is 2.76 bits per heavy atom. The number of carbonyl (C=O) groups excluding carboxylic acids is 1. The van der Waals surface area contributed by atoms with Crippen molar-refractivity contribution in [1.29, 1.82) is 0 Å². The zero-order chi connectivity index (χ0) is 24.2. The zero-order valence-electron chi connectivity index (χ0n) is 19.5. The minimum atomic E-state index is -0.359. The van der Waals surface area contributed by atoms with Gasteiger partial charge in [0.2, 0.25) is 5.91 Å². The molecule has 2 heterocycles. The Labute approximate surface area is 197 Å². The van der Waals surface area contributed by atoms with E-state index in [1.807, 2.05) is 19.9 Å². The Kier molecular flexibility index (Phi) is 6.77. The summed E-state index contributed by atoms with van der Waals surface area (Å²) in [5.74, 6) is 1.16. The molecule has 2 aromatic carbocycles. The second-order valence-electron chi connectivity index (χ2n) is 8.02. The molecule has 0 saturated heterocycles. The highest BCUT2D eigenvalue weighted by atomic mass is 19.1. The molecule has 0 saturated carbocycles. The maximum atomic E-state index is 14.3. The molecule has 0 spiro atoms. The van der Waals surface area contributed by atoms with Gasteiger partial charge in [-0.15, -0.1) is 0 Å². The van der Waals surface area contributed by atoms with E-state index in [1.54, 1.807) is 38.6 Å². The van der Waals surface area contributed by atoms with Crippen LogP contribution in [0.3, 0.4) is 0 Å². The molecule has 8 heteroatoms. The average Bonchev–Trinajstić information content (AvgIpc) is 3.25. The Hall–Kier alpha value is -3.94. The molecule has 7 nitrogen and oxygen atoms in total. The van der Waals surface area contributed by atoms with Gasteiger partial charge in [0.15, 0.2) is 11.5 Å². The van der Waals surface area contributed by atoms with Crippen molar-refractivity contribution in [3.8, 4) is 28.5 Å². The first-order valence-corrected chi connectivity index (χ1v) is 10.9. The van der Waals surface area contributed by atoms with Gasteiger partial charge >= 0.3 is 0 Å². The predicted octanol–water partition coefficient (Wildman–Crippen LogP) is 4.05. The molecule has 1 N–H and O–H groups in total. The van der Waals surface area contributed by atoms with E-state index in [4.69, 9.17) is 14.2 Å². The van der Waals surface area contributed by atoms with Crippen molar-refractivity contribution in [2.75, 3.05) is 20.8 Å². The topological polar surface area (TPSA) is 82.6 Å². The van der Waals surface area contributed by atoms with Crippen molar-refractivity contribution in [2.45, 2.75) is 26.4 Å². The molecule has 0 bridgehead atoms. The second-order valence-corrected chi connectivity index (χ2v) is 8.02. The number of carbonyl (C=O) groups is 1. The lowest BCUT2D eigenvalue weighted by Crippen LogP contribution is -2.33. The van der Waals surface area contributed by atoms with Gasteiger partial charge < -0.3 is 19.5 Å². The zero-order valence-corrected chi connectivity index (χ0v) is 19.5. The number of aryl methyl sites for hydroxylation is 2. The SMILES string of the molecule is COc1ccc(/C=C/C(=O)NC[C@H]2Cc3cc(F)cc(-c4nc(C)cnc4C)c3O2)cc1OC. The molecule has 0 unspecified atom stereocenters. The predicted molar refractivity (Wildman–Crippen MR) is 127 cm³/mol. The summed E-state index contributed by atoms with van der Waals surface area (Å²) in [6.45, 7) is 3.95. The van der Waals surface area contributed by atoms with Crippen molar-refractivity contribution >= 4 is 12.0 Å². The minimum Gasteiger partial charge on any atom is -0.493 e. The van der Waals surface area contributed by atoms with Crippen LogP contribution in [0, 0.1) is 19.7 Å². The van der Waals surface area contributed by atoms with Gasteiger partial charge in [0, 0.05) is 29.8 Å². The number of hydrogen-bond donors (Lipinski definition) is 1. The summed E-state index contributed by atoms with van der Waals surface area (Å²) in [6, 6.07) is 8.27. The quantitative estimate of drug-likeness (QED) is 0.533. The van der Waals surface area contributed by atoms with E-state index in [9.17, 15) is 9.18 Å². The maximum Gasteiger partial charge on any atom is 0.244 e. The number of ether oxygens (including phenoxy) is 3. The largest absolute Gasteiger partial charge is 0.493 e. The van der Waals surface area contributed by atoms with Gasteiger partial charge in [-0.05, 0) is 49.8 Å². The molecule has 34 heavy (non-hydrogen) atoms. The van der Waals surface area contributed by atoms with Gasteiger partial charge in [-0.25, -0.2) is 9.37 Å². The lowest BCUT2D eigenvalue weighted by Gasteiger charge is -2.14. The number of nitrogens with one attached hydrogen (secondary N) is 1. The van der Waals surface area contributed by atoms with Crippen molar-refractivity contribution in [2.24, 2.45) is 0 Å². The number of benzene rings is 2. The molecule has 0 fully saturated rings. The number of methoxy groups -OCH3 is 2. The van der Waals surface area contributed by atoms with Crippen LogP contribution in [0.2, 0.25) is 0 Å². The van der Waals surface area contributed by atoms with Crippen LogP contribution in [0.25, 0.3) is 17.3 Å². The molecule has 1 aliphatic rings. The highest BCUT2D eigenvalue weighted by Gasteiger charge is 2.28. The van der Waals surface area contributed by atoms with Crippen molar-refractivity contribution in [1.82, 2.24) is 15.3 Å². The van der Waals surface area contributed by atoms with Crippen LogP contribution in [0.1, 0.15) is 22.5 Å². The van der Waals surface area contributed by atoms with Crippen LogP contribution in [-0.2, 0) is 11.2 Å². The number of halogens is 1. The molecule has 1 amide bonds. The van der Waals surface area contributed by atoms with Gasteiger partial charge in [-0.1, -0.05) is 6.07 Å². The Morgan fingerprint density at radius 2 is 2.00 bits per heavy atom. The number of hydrogen-bond acceptors (Lipinski definition) is 6. The molecule has 0 radical (unpaired) electrons. The molecule has 176 valence electrons. The highest BCUT2D eigenvalue weighted by molar-refractivity contribution is 5.91. The number of rotatable bonds is 7. The summed E-state index contributed by atoms with van der Waals surface area (Å²) in [7, 11) is 3.12. The Morgan fingerprint density at radius 1 is 1.21 bits per heavy atom. The average molecular weight is 464 g/mol. The number of amides is 1. The van der Waals surface area contributed by atoms with E-state index < -0.39 is 0 Å². The lowest BCUT2D eigenvalue weighted by molar-refractivity contribution is -0.116. The van der Waals surface area contributed by atoms with E-state index in [2.05, 4.69) is 15.3 Å². The molecule has 0 aliphatic carbocycles. The molecular weight excluding hydrogens is 437 g/mol. The smallest absolute Gasteiger partial charge is 0.244 e. The van der Waals surface area contributed by atoms with E-state index >= 15 is 0 Å². The molecule has 4 rings (SSSR count). The summed E-state index contributed by atoms with van der Waals surface area (Å²) in [5, 5.41) is 2.85. The fourth-order valence-corrected chi connectivity index (χ4v) is 3.88. The monoisotopic (exact) mass is 463 g/mol. The van der Waals surface area contributed by atoms with E-state index in [0.29, 0.717) is 40.6 Å². The van der Waals surface area contributed by atoms with Gasteiger partial charge in [0.05, 0.1) is 37.8 Å². The van der Waals surface area contributed by atoms with Crippen molar-refractivity contribution < 1.29 is 23.4 Å². The van der Waals surface area contributed by atoms with Crippen LogP contribution < -0.4 is 19.5 Å². The minimum absolute atomic E-state index is 0.263. The van der Waals surface area contributed by atoms with Crippen molar-refractivity contribution in [3.63, 3.8) is 0 Å². The van der Waals surface area contributed by atoms with Crippen LogP contribution >= 0.6 is 0 Å². The van der Waals surface area contributed by atoms with Crippen molar-refractivity contribution in [3.05, 3.63) is 70.9 Å². The van der Waals surface area contributed by atoms with Crippen LogP contribution in [0.15, 0.2) is 42.6 Å². The molecule has 1 aliphatic heterocycles. The fraction of sp³-hybridized carbons (Fsp3) is 0.269. The maximum absolute atomic E-state index is 14.3. The van der Waals surface area contributed by atoms with Gasteiger partial charge in [-0.2, -0.15) is 0 Å². The third-order valence-electron chi connectivity index (χ3n) is 5.53. The summed E-state index contributed by atoms with van der Waals surface area (Å²) in [5.41, 5.74) is 4.15. The summed E-state index contributed by atoms with van der Waals surface area (Å²) in [4.78, 5) is 21.2. The first kappa shape index (κ1) is 23.2. The molecule has 3 aromatic rings. The van der Waals surface area contributed by atoms with E-state index in [-0.39, 0.29) is 24.4 Å². The number of fused-ring (bicyclic) bond motifs is 1. The van der Waals surface area contributed by atoms with Crippen LogP contribution in [-0.4, -0.2) is 42.7 Å². The molecular formula is C26H26FN3O4. The van der Waals surface area contributed by atoms with E-state index in [1.165, 1.54) is 18.2 Å². The summed E-state index contributed by atoms with van der Waals surface area (Å²) >= 11 is 0. The third kappa shape index (κ3) is 5.01. The van der Waals surface area contributed by atoms with Gasteiger partial charge in [0.1, 0.15) is 17.7 Å². The summed E-state index contributed by atoms with van der Waals surface area (Å²) < 4.78 is 31.0. The van der Waals surface area contributed by atoms with Gasteiger partial charge in [-0.3, -0.25) is 9.78 Å². The van der Waals surface area contributed by atoms with Crippen LogP contribution in [0.4, 0.5) is 4.39 Å². The molecule has 1 atom stereocenters. The van der Waals surface area contributed by atoms with Gasteiger partial charge in [0.25, 0.3) is 0 Å². The fourth-order valence-electron chi connectivity index (χ4n) is 3.88. The summed E-state index contributed by atoms with van der Waals surface area (Å²) in [6.07, 6.45) is 4.98. The second kappa shape index (κ2) is 9.91. The normalized spacial score (nSPS) is 14.6. The van der Waals surface area contributed by atoms with E-state index in [0.717, 1.165) is 16.8 Å². The Balaban J connectivity index is 1.42.